The molecule has 3 aromatic rings. The van der Waals surface area contributed by atoms with Crippen LogP contribution >= 0.6 is 0 Å². The van der Waals surface area contributed by atoms with E-state index in [2.05, 4.69) is 0 Å². The van der Waals surface area contributed by atoms with Crippen LogP contribution in [0.3, 0.4) is 0 Å². The molecule has 1 aliphatic rings. The van der Waals surface area contributed by atoms with Crippen LogP contribution in [0.25, 0.3) is 10.8 Å². The molecule has 1 aliphatic carbocycles. The van der Waals surface area contributed by atoms with Gasteiger partial charge in [-0.1, -0.05) is 48.5 Å². The largest absolute Gasteiger partial charge is 0.507 e. The topological polar surface area (TPSA) is 74.6 Å². The van der Waals surface area contributed by atoms with Crippen molar-refractivity contribution in [2.45, 2.75) is 27.7 Å². The normalized spacial score (nSPS) is 13.3. The van der Waals surface area contributed by atoms with E-state index in [9.17, 15) is 19.8 Å². The Morgan fingerprint density at radius 2 is 0.893 bits per heavy atom. The van der Waals surface area contributed by atoms with Crippen molar-refractivity contribution in [3.8, 4) is 11.5 Å². The summed E-state index contributed by atoms with van der Waals surface area (Å²) in [5, 5.41) is 21.1. The highest BCUT2D eigenvalue weighted by molar-refractivity contribution is 6.26. The van der Waals surface area contributed by atoms with Crippen molar-refractivity contribution in [1.82, 2.24) is 0 Å². The van der Waals surface area contributed by atoms with Crippen LogP contribution in [0.15, 0.2) is 59.7 Å². The van der Waals surface area contributed by atoms with Crippen molar-refractivity contribution in [2.24, 2.45) is 0 Å². The highest BCUT2D eigenvalue weighted by Crippen LogP contribution is 2.38. The van der Waals surface area contributed by atoms with Gasteiger partial charge in [-0.25, -0.2) is 0 Å². The third-order valence-corrected chi connectivity index (χ3v) is 5.37. The maximum Gasteiger partial charge on any atom is 0.189 e. The fourth-order valence-electron chi connectivity index (χ4n) is 3.28. The monoisotopic (exact) mass is 374 g/mol. The first-order valence-corrected chi connectivity index (χ1v) is 9.01. The van der Waals surface area contributed by atoms with Gasteiger partial charge in [0.2, 0.25) is 0 Å². The van der Waals surface area contributed by atoms with Gasteiger partial charge in [-0.05, 0) is 38.8 Å². The van der Waals surface area contributed by atoms with E-state index in [0.29, 0.717) is 33.0 Å². The van der Waals surface area contributed by atoms with Crippen LogP contribution in [0.2, 0.25) is 0 Å². The second kappa shape index (κ2) is 7.31. The van der Waals surface area contributed by atoms with Gasteiger partial charge >= 0.3 is 0 Å². The first kappa shape index (κ1) is 19.4. The summed E-state index contributed by atoms with van der Waals surface area (Å²) in [6, 6.07) is 14.2. The van der Waals surface area contributed by atoms with Crippen molar-refractivity contribution in [1.29, 1.82) is 0 Å². The summed E-state index contributed by atoms with van der Waals surface area (Å²) in [5.41, 5.74) is 3.66. The summed E-state index contributed by atoms with van der Waals surface area (Å²) in [5.74, 6) is 0.460. The van der Waals surface area contributed by atoms with E-state index < -0.39 is 0 Å². The predicted molar refractivity (Wildman–Crippen MR) is 110 cm³/mol. The number of ketones is 2. The first-order valence-electron chi connectivity index (χ1n) is 9.01. The van der Waals surface area contributed by atoms with Gasteiger partial charge in [0.15, 0.2) is 11.6 Å². The molecule has 4 nitrogen and oxygen atoms in total. The molecule has 4 heteroatoms. The average molecular weight is 374 g/mol. The zero-order valence-corrected chi connectivity index (χ0v) is 16.3. The van der Waals surface area contributed by atoms with E-state index in [-0.39, 0.29) is 23.1 Å². The van der Waals surface area contributed by atoms with Gasteiger partial charge in [0.25, 0.3) is 0 Å². The number of allylic oxidation sites excluding steroid dienone is 2. The Morgan fingerprint density at radius 3 is 1.25 bits per heavy atom. The van der Waals surface area contributed by atoms with Gasteiger partial charge in [-0.15, -0.1) is 0 Å². The van der Waals surface area contributed by atoms with Gasteiger partial charge in [-0.2, -0.15) is 0 Å². The maximum atomic E-state index is 11.8. The van der Waals surface area contributed by atoms with Crippen molar-refractivity contribution in [3.63, 3.8) is 0 Å². The standard InChI is InChI=1S/C12H12O2.C12H10O2/c2*1-7-8(2)12(14)10-6-4-3-5-9(10)11(7)13/h3-6,13-14H,1-2H3;3-6H,1-2H3. The lowest BCUT2D eigenvalue weighted by molar-refractivity contribution is 0.0975. The minimum Gasteiger partial charge on any atom is -0.507 e. The van der Waals surface area contributed by atoms with Crippen LogP contribution < -0.4 is 0 Å². The molecule has 0 radical (unpaired) electrons. The van der Waals surface area contributed by atoms with Gasteiger partial charge in [0.05, 0.1) is 0 Å². The number of hydrogen-bond acceptors (Lipinski definition) is 4. The van der Waals surface area contributed by atoms with E-state index in [0.717, 1.165) is 11.1 Å². The Hall–Kier alpha value is -3.40. The zero-order valence-electron chi connectivity index (χ0n) is 16.3. The molecule has 28 heavy (non-hydrogen) atoms. The molecule has 0 aromatic heterocycles. The van der Waals surface area contributed by atoms with Crippen LogP contribution in [0.4, 0.5) is 0 Å². The van der Waals surface area contributed by atoms with Crippen LogP contribution in [-0.2, 0) is 0 Å². The molecule has 2 N–H and O–H groups in total. The van der Waals surface area contributed by atoms with Gasteiger partial charge in [-0.3, -0.25) is 9.59 Å². The van der Waals surface area contributed by atoms with Crippen LogP contribution in [0, 0.1) is 13.8 Å². The van der Waals surface area contributed by atoms with Crippen molar-refractivity contribution in [3.05, 3.63) is 81.9 Å². The Labute approximate surface area is 163 Å². The Balaban J connectivity index is 0.000000161. The number of Topliss-reactive ketones (excluding diaryl/α,β-unsaturated/α-hetero) is 2. The number of carbonyl (C=O) groups excluding carboxylic acids is 2. The molecule has 0 heterocycles. The number of phenolic OH excluding ortho intramolecular Hbond substituents is 2. The minimum absolute atomic E-state index is 0.0299. The van der Waals surface area contributed by atoms with Crippen molar-refractivity contribution in [2.75, 3.05) is 0 Å². The van der Waals surface area contributed by atoms with E-state index >= 15 is 0 Å². The summed E-state index contributed by atoms with van der Waals surface area (Å²) in [6.45, 7) is 7.00. The quantitative estimate of drug-likeness (QED) is 0.526. The fraction of sp³-hybridized carbons (Fsp3) is 0.167. The smallest absolute Gasteiger partial charge is 0.189 e. The Morgan fingerprint density at radius 1 is 0.571 bits per heavy atom. The molecule has 0 bridgehead atoms. The highest BCUT2D eigenvalue weighted by atomic mass is 16.3. The molecule has 3 aromatic carbocycles. The zero-order chi connectivity index (χ0) is 20.6. The molecular weight excluding hydrogens is 352 g/mol. The van der Waals surface area contributed by atoms with Crippen LogP contribution in [0.1, 0.15) is 45.7 Å². The second-order valence-electron chi connectivity index (χ2n) is 6.95. The molecule has 0 spiro atoms. The molecule has 0 atom stereocenters. The molecule has 4 rings (SSSR count). The minimum atomic E-state index is -0.0299. The number of rotatable bonds is 0. The number of aromatic hydroxyl groups is 2. The van der Waals surface area contributed by atoms with Gasteiger partial charge in [0.1, 0.15) is 11.5 Å². The average Bonchev–Trinajstić information content (AvgIpc) is 2.73. The third kappa shape index (κ3) is 3.07. The molecule has 0 amide bonds. The second-order valence-corrected chi connectivity index (χ2v) is 6.95. The van der Waals surface area contributed by atoms with Crippen LogP contribution in [-0.4, -0.2) is 21.8 Å². The van der Waals surface area contributed by atoms with Gasteiger partial charge < -0.3 is 10.2 Å². The van der Waals surface area contributed by atoms with Crippen LogP contribution in [0.5, 0.6) is 11.5 Å². The molecular formula is C24H22O4. The predicted octanol–water partition coefficient (Wildman–Crippen LogP) is 5.27. The number of carbonyl (C=O) groups is 2. The lowest BCUT2D eigenvalue weighted by Gasteiger charge is -2.15. The summed E-state index contributed by atoms with van der Waals surface area (Å²) in [6.07, 6.45) is 0. The third-order valence-electron chi connectivity index (χ3n) is 5.37. The molecule has 142 valence electrons. The SMILES string of the molecule is CC1=C(C)C(=O)c2ccccc2C1=O.Cc1c(C)c(O)c2ccccc2c1O. The highest BCUT2D eigenvalue weighted by Gasteiger charge is 2.26. The van der Waals surface area contributed by atoms with E-state index in [1.165, 1.54) is 0 Å². The molecule has 0 unspecified atom stereocenters. The molecule has 0 saturated carbocycles. The Bertz CT molecular complexity index is 1060. The lowest BCUT2D eigenvalue weighted by Crippen LogP contribution is -2.19. The summed E-state index contributed by atoms with van der Waals surface area (Å²) >= 11 is 0. The van der Waals surface area contributed by atoms with E-state index in [1.807, 2.05) is 12.1 Å². The van der Waals surface area contributed by atoms with E-state index in [4.69, 9.17) is 0 Å². The molecule has 0 saturated heterocycles. The number of benzene rings is 3. The van der Waals surface area contributed by atoms with Crippen molar-refractivity contribution >= 4 is 22.3 Å². The first-order chi connectivity index (χ1) is 13.3. The molecule has 0 aliphatic heterocycles. The Kier molecular flexibility index (Phi) is 5.06. The van der Waals surface area contributed by atoms with E-state index in [1.54, 1.807) is 64.1 Å². The number of fused-ring (bicyclic) bond motifs is 2. The van der Waals surface area contributed by atoms with Crippen molar-refractivity contribution < 1.29 is 19.8 Å². The summed E-state index contributed by atoms with van der Waals surface area (Å²) in [7, 11) is 0. The number of phenols is 2. The lowest BCUT2D eigenvalue weighted by atomic mass is 9.85. The number of hydrogen-bond donors (Lipinski definition) is 2. The summed E-state index contributed by atoms with van der Waals surface area (Å²) in [4.78, 5) is 23.5. The van der Waals surface area contributed by atoms with Gasteiger partial charge in [0, 0.05) is 33.0 Å². The fourth-order valence-corrected chi connectivity index (χ4v) is 3.28. The molecule has 0 fully saturated rings. The maximum absolute atomic E-state index is 11.8. The summed E-state index contributed by atoms with van der Waals surface area (Å²) < 4.78 is 0.